The third-order valence-corrected chi connectivity index (χ3v) is 5.89. The number of aromatic nitrogens is 2. The molecule has 2 rings (SSSR count). The van der Waals surface area contributed by atoms with Gasteiger partial charge in [0, 0.05) is 12.5 Å². The molecular formula is C14H23N3O4S. The number of carbonyl (C=O) groups excluding carboxylic acids is 1. The first-order valence-corrected chi connectivity index (χ1v) is 9.04. The number of fused-ring (bicyclic) bond motifs is 1. The average Bonchev–Trinajstić information content (AvgIpc) is 2.88. The summed E-state index contributed by atoms with van der Waals surface area (Å²) >= 11 is 0. The summed E-state index contributed by atoms with van der Waals surface area (Å²) in [5, 5.41) is 0. The van der Waals surface area contributed by atoms with Gasteiger partial charge in [0.25, 0.3) is 0 Å². The molecule has 124 valence electrons. The van der Waals surface area contributed by atoms with Crippen molar-refractivity contribution in [1.29, 1.82) is 0 Å². The van der Waals surface area contributed by atoms with Crippen molar-refractivity contribution < 1.29 is 17.9 Å². The van der Waals surface area contributed by atoms with Crippen molar-refractivity contribution in [1.82, 2.24) is 13.9 Å². The minimum atomic E-state index is -3.51. The number of sulfonamides is 1. The van der Waals surface area contributed by atoms with E-state index in [1.807, 2.05) is 18.4 Å². The highest BCUT2D eigenvalue weighted by atomic mass is 32.2. The lowest BCUT2D eigenvalue weighted by molar-refractivity contribution is -0.145. The molecule has 1 aliphatic rings. The summed E-state index contributed by atoms with van der Waals surface area (Å²) in [6, 6.07) is -0.647. The van der Waals surface area contributed by atoms with E-state index in [-0.39, 0.29) is 24.8 Å². The Bertz CT molecular complexity index is 651. The van der Waals surface area contributed by atoms with E-state index >= 15 is 0 Å². The minimum Gasteiger partial charge on any atom is -0.468 e. The summed E-state index contributed by atoms with van der Waals surface area (Å²) in [5.41, 5.74) is 1.63. The smallest absolute Gasteiger partial charge is 0.324 e. The van der Waals surface area contributed by atoms with Crippen molar-refractivity contribution in [3.63, 3.8) is 0 Å². The Hall–Kier alpha value is -1.41. The van der Waals surface area contributed by atoms with Crippen molar-refractivity contribution in [2.24, 2.45) is 0 Å². The van der Waals surface area contributed by atoms with Gasteiger partial charge in [-0.25, -0.2) is 13.4 Å². The second-order valence-electron chi connectivity index (χ2n) is 5.74. The zero-order valence-electron chi connectivity index (χ0n) is 13.4. The van der Waals surface area contributed by atoms with Crippen molar-refractivity contribution in [3.05, 3.63) is 17.7 Å². The van der Waals surface area contributed by atoms with Crippen LogP contribution in [0.15, 0.2) is 6.33 Å². The van der Waals surface area contributed by atoms with Crippen molar-refractivity contribution in [2.75, 3.05) is 12.9 Å². The molecule has 1 atom stereocenters. The number of imidazole rings is 1. The van der Waals surface area contributed by atoms with E-state index in [2.05, 4.69) is 4.98 Å². The molecule has 0 N–H and O–H groups in total. The number of carbonyl (C=O) groups is 1. The van der Waals surface area contributed by atoms with Crippen LogP contribution in [-0.4, -0.2) is 47.1 Å². The Morgan fingerprint density at radius 2 is 2.18 bits per heavy atom. The number of ether oxygens (including phenoxy) is 1. The highest BCUT2D eigenvalue weighted by molar-refractivity contribution is 7.89. The topological polar surface area (TPSA) is 81.5 Å². The average molecular weight is 329 g/mol. The van der Waals surface area contributed by atoms with Gasteiger partial charge in [0.1, 0.15) is 6.04 Å². The predicted octanol–water partition coefficient (Wildman–Crippen LogP) is 1.10. The number of hydrogen-bond acceptors (Lipinski definition) is 5. The number of rotatable bonds is 5. The monoisotopic (exact) mass is 329 g/mol. The number of esters is 1. The highest BCUT2D eigenvalue weighted by Crippen LogP contribution is 2.28. The summed E-state index contributed by atoms with van der Waals surface area (Å²) in [6.45, 7) is 5.99. The number of methoxy groups -OCH3 is 1. The first-order valence-electron chi connectivity index (χ1n) is 7.43. The second-order valence-corrected chi connectivity index (χ2v) is 7.78. The molecule has 1 aromatic rings. The van der Waals surface area contributed by atoms with Crippen molar-refractivity contribution in [3.8, 4) is 0 Å². The lowest BCUT2D eigenvalue weighted by Crippen LogP contribution is -2.50. The van der Waals surface area contributed by atoms with E-state index in [1.54, 1.807) is 13.3 Å². The van der Waals surface area contributed by atoms with E-state index in [1.165, 1.54) is 11.4 Å². The third kappa shape index (κ3) is 3.03. The fraction of sp³-hybridized carbons (Fsp3) is 0.714. The van der Waals surface area contributed by atoms with Crippen LogP contribution in [0.25, 0.3) is 0 Å². The molecule has 0 saturated heterocycles. The number of nitrogens with zero attached hydrogens (tertiary/aromatic N) is 3. The van der Waals surface area contributed by atoms with E-state index in [0.717, 1.165) is 11.4 Å². The molecule has 0 spiro atoms. The Balaban J connectivity index is 2.45. The molecule has 1 aliphatic heterocycles. The maximum Gasteiger partial charge on any atom is 0.324 e. The van der Waals surface area contributed by atoms with Gasteiger partial charge in [0.05, 0.1) is 37.1 Å². The first kappa shape index (κ1) is 17.0. The lowest BCUT2D eigenvalue weighted by atomic mass is 10.1. The standard InChI is InChI=1S/C14H23N3O4S/c1-5-6-22(19,20)17-8-13-11(7-12(17)14(18)21-4)15-9-16(13)10(2)3/h9-10,12H,5-8H2,1-4H3/t12-/m0/s1. The Morgan fingerprint density at radius 1 is 1.50 bits per heavy atom. The zero-order chi connectivity index (χ0) is 16.5. The molecule has 1 aromatic heterocycles. The van der Waals surface area contributed by atoms with Gasteiger partial charge in [-0.15, -0.1) is 0 Å². The molecular weight excluding hydrogens is 306 g/mol. The molecule has 0 radical (unpaired) electrons. The van der Waals surface area contributed by atoms with Crippen LogP contribution in [0.3, 0.4) is 0 Å². The molecule has 0 fully saturated rings. The molecule has 0 aromatic carbocycles. The summed E-state index contributed by atoms with van der Waals surface area (Å²) in [7, 11) is -2.24. The van der Waals surface area contributed by atoms with Gasteiger partial charge in [0.15, 0.2) is 0 Å². The largest absolute Gasteiger partial charge is 0.468 e. The molecule has 0 saturated carbocycles. The molecule has 0 amide bonds. The molecule has 7 nitrogen and oxygen atoms in total. The van der Waals surface area contributed by atoms with Gasteiger partial charge in [-0.2, -0.15) is 4.31 Å². The second kappa shape index (κ2) is 6.37. The van der Waals surface area contributed by atoms with E-state index < -0.39 is 22.0 Å². The van der Waals surface area contributed by atoms with E-state index in [9.17, 15) is 13.2 Å². The molecule has 8 heteroatoms. The fourth-order valence-corrected chi connectivity index (χ4v) is 4.38. The molecule has 22 heavy (non-hydrogen) atoms. The third-order valence-electron chi connectivity index (χ3n) is 3.87. The maximum atomic E-state index is 12.5. The van der Waals surface area contributed by atoms with Crippen LogP contribution >= 0.6 is 0 Å². The summed E-state index contributed by atoms with van der Waals surface area (Å²) in [6.07, 6.45) is 2.47. The van der Waals surface area contributed by atoms with Crippen molar-refractivity contribution in [2.45, 2.75) is 52.2 Å². The number of hydrogen-bond donors (Lipinski definition) is 0. The van der Waals surface area contributed by atoms with Crippen LogP contribution < -0.4 is 0 Å². The summed E-state index contributed by atoms with van der Waals surface area (Å²) in [5.74, 6) is -0.518. The van der Waals surface area contributed by atoms with E-state index in [4.69, 9.17) is 4.74 Å². The SMILES string of the molecule is CCCS(=O)(=O)N1Cc2c(ncn2C(C)C)C[C@H]1C(=O)OC. The van der Waals surface area contributed by atoms with Gasteiger partial charge in [0.2, 0.25) is 10.0 Å². The summed E-state index contributed by atoms with van der Waals surface area (Å²) in [4.78, 5) is 16.4. The summed E-state index contributed by atoms with van der Waals surface area (Å²) < 4.78 is 33.0. The van der Waals surface area contributed by atoms with Gasteiger partial charge in [-0.3, -0.25) is 4.79 Å². The lowest BCUT2D eigenvalue weighted by Gasteiger charge is -2.33. The molecule has 0 bridgehead atoms. The minimum absolute atomic E-state index is 0.0195. The fourth-order valence-electron chi connectivity index (χ4n) is 2.76. The normalized spacial score (nSPS) is 19.2. The Labute approximate surface area is 131 Å². The van der Waals surface area contributed by atoms with E-state index in [0.29, 0.717) is 6.42 Å². The van der Waals surface area contributed by atoms with Crippen LogP contribution in [0, 0.1) is 0 Å². The van der Waals surface area contributed by atoms with Gasteiger partial charge in [-0.1, -0.05) is 6.92 Å². The molecule has 2 heterocycles. The van der Waals surface area contributed by atoms with Gasteiger partial charge >= 0.3 is 5.97 Å². The van der Waals surface area contributed by atoms with Crippen LogP contribution in [0.4, 0.5) is 0 Å². The maximum absolute atomic E-state index is 12.5. The van der Waals surface area contributed by atoms with Gasteiger partial charge < -0.3 is 9.30 Å². The quantitative estimate of drug-likeness (QED) is 0.756. The van der Waals surface area contributed by atoms with Gasteiger partial charge in [-0.05, 0) is 20.3 Å². The first-order chi connectivity index (χ1) is 10.3. The molecule has 0 aliphatic carbocycles. The van der Waals surface area contributed by atoms with Crippen LogP contribution in [0.5, 0.6) is 0 Å². The highest BCUT2D eigenvalue weighted by Gasteiger charge is 2.41. The van der Waals surface area contributed by atoms with Crippen LogP contribution in [-0.2, 0) is 32.5 Å². The zero-order valence-corrected chi connectivity index (χ0v) is 14.3. The Kier molecular flexibility index (Phi) is 4.91. The Morgan fingerprint density at radius 3 is 2.73 bits per heavy atom. The van der Waals surface area contributed by atoms with Crippen molar-refractivity contribution >= 4 is 16.0 Å². The van der Waals surface area contributed by atoms with Crippen LogP contribution in [0.2, 0.25) is 0 Å². The van der Waals surface area contributed by atoms with Crippen LogP contribution in [0.1, 0.15) is 44.6 Å². The predicted molar refractivity (Wildman–Crippen MR) is 81.7 cm³/mol. The molecule has 0 unspecified atom stereocenters.